The third-order valence-corrected chi connectivity index (χ3v) is 6.30. The summed E-state index contributed by atoms with van der Waals surface area (Å²) in [5.41, 5.74) is 0. The molecule has 1 N–H and O–H groups in total. The summed E-state index contributed by atoms with van der Waals surface area (Å²) in [7, 11) is 0. The van der Waals surface area contributed by atoms with Crippen molar-refractivity contribution in [2.45, 2.75) is 161 Å². The fourth-order valence-electron chi connectivity index (χ4n) is 4.06. The molecule has 0 aliphatic rings. The quantitative estimate of drug-likeness (QED) is 0.0827. The van der Waals surface area contributed by atoms with Crippen molar-refractivity contribution in [2.75, 3.05) is 0 Å². The zero-order valence-electron chi connectivity index (χ0n) is 22.0. The monoisotopic (exact) mass is 466 g/mol. The van der Waals surface area contributed by atoms with Crippen molar-refractivity contribution in [3.05, 3.63) is 12.2 Å². The summed E-state index contributed by atoms with van der Waals surface area (Å²) in [4.78, 5) is 22.1. The summed E-state index contributed by atoms with van der Waals surface area (Å²) in [6, 6.07) is 0. The van der Waals surface area contributed by atoms with Gasteiger partial charge in [0.1, 0.15) is 0 Å². The zero-order chi connectivity index (χ0) is 24.4. The molecule has 0 heterocycles. The summed E-state index contributed by atoms with van der Waals surface area (Å²) in [5, 5.41) is 8.71. The van der Waals surface area contributed by atoms with Gasteiger partial charge in [-0.05, 0) is 39.0 Å². The molecular weight excluding hydrogens is 412 g/mol. The van der Waals surface area contributed by atoms with Crippen LogP contribution in [0.1, 0.15) is 155 Å². The maximum Gasteiger partial charge on any atom is 0.344 e. The van der Waals surface area contributed by atoms with E-state index in [-0.39, 0.29) is 0 Å². The molecule has 0 amide bonds. The van der Waals surface area contributed by atoms with E-state index in [1.807, 2.05) is 0 Å². The lowest BCUT2D eigenvalue weighted by Gasteiger charge is -2.08. The van der Waals surface area contributed by atoms with Gasteiger partial charge >= 0.3 is 11.9 Å². The van der Waals surface area contributed by atoms with Crippen molar-refractivity contribution in [1.82, 2.24) is 0 Å². The van der Waals surface area contributed by atoms with Gasteiger partial charge < -0.3 is 9.84 Å². The van der Waals surface area contributed by atoms with Gasteiger partial charge in [0, 0.05) is 6.42 Å². The van der Waals surface area contributed by atoms with Crippen LogP contribution in [0, 0.1) is 0 Å². The Morgan fingerprint density at radius 1 is 0.636 bits per heavy atom. The maximum absolute atomic E-state index is 11.5. The maximum atomic E-state index is 11.5. The third kappa shape index (κ3) is 25.1. The molecule has 0 aliphatic heterocycles. The number of esters is 1. The van der Waals surface area contributed by atoms with Gasteiger partial charge in [-0.15, -0.1) is 0 Å². The average Bonchev–Trinajstić information content (AvgIpc) is 2.79. The summed E-state index contributed by atoms with van der Waals surface area (Å²) in [5.74, 6) is -1.49. The van der Waals surface area contributed by atoms with Gasteiger partial charge in [-0.2, -0.15) is 0 Å². The summed E-state index contributed by atoms with van der Waals surface area (Å²) < 4.78 is 4.82. The predicted octanol–water partition coefficient (Wildman–Crippen LogP) is 9.16. The van der Waals surface area contributed by atoms with Crippen molar-refractivity contribution in [3.8, 4) is 0 Å². The fraction of sp³-hybridized carbons (Fsp3) is 0.862. The third-order valence-electron chi connectivity index (χ3n) is 6.30. The first kappa shape index (κ1) is 31.7. The van der Waals surface area contributed by atoms with Crippen molar-refractivity contribution < 1.29 is 19.4 Å². The van der Waals surface area contributed by atoms with Crippen LogP contribution >= 0.6 is 0 Å². The van der Waals surface area contributed by atoms with Crippen molar-refractivity contribution in [3.63, 3.8) is 0 Å². The molecule has 0 fully saturated rings. The summed E-state index contributed by atoms with van der Waals surface area (Å²) >= 11 is 0. The minimum absolute atomic E-state index is 0.325. The molecule has 0 rings (SSSR count). The standard InChI is InChI=1S/C29H54O4/c1-3-4-5-6-7-8-9-10-11-12-13-14-15-16-17-18-19-20-21-22-23-24-25-26-28(30)33-27(2)29(31)32/h12-13,27H,3-11,14-26H2,1-2H3,(H,31,32)/b13-12-. The Hall–Kier alpha value is -1.32. The number of ether oxygens (including phenoxy) is 1. The van der Waals surface area contributed by atoms with E-state index in [0.717, 1.165) is 19.3 Å². The first-order valence-electron chi connectivity index (χ1n) is 14.1. The van der Waals surface area contributed by atoms with Gasteiger partial charge in [0.2, 0.25) is 0 Å². The lowest BCUT2D eigenvalue weighted by molar-refractivity contribution is -0.162. The first-order chi connectivity index (χ1) is 16.1. The van der Waals surface area contributed by atoms with E-state index in [1.165, 1.54) is 122 Å². The number of unbranched alkanes of at least 4 members (excludes halogenated alkanes) is 19. The second-order valence-electron chi connectivity index (χ2n) is 9.63. The molecule has 0 aromatic rings. The second-order valence-corrected chi connectivity index (χ2v) is 9.63. The number of carbonyl (C=O) groups excluding carboxylic acids is 1. The molecular formula is C29H54O4. The number of aliphatic carboxylic acids is 1. The molecule has 0 bridgehead atoms. The zero-order valence-corrected chi connectivity index (χ0v) is 22.0. The van der Waals surface area contributed by atoms with Gasteiger partial charge in [-0.3, -0.25) is 4.79 Å². The van der Waals surface area contributed by atoms with Crippen molar-refractivity contribution in [1.29, 1.82) is 0 Å². The van der Waals surface area contributed by atoms with Gasteiger partial charge in [0.25, 0.3) is 0 Å². The molecule has 0 aromatic heterocycles. The van der Waals surface area contributed by atoms with Crippen LogP contribution in [0.5, 0.6) is 0 Å². The van der Waals surface area contributed by atoms with Crippen LogP contribution in [0.2, 0.25) is 0 Å². The van der Waals surface area contributed by atoms with E-state index >= 15 is 0 Å². The van der Waals surface area contributed by atoms with Gasteiger partial charge in [-0.25, -0.2) is 4.79 Å². The number of carboxylic acid groups (broad SMARTS) is 1. The Morgan fingerprint density at radius 2 is 1.00 bits per heavy atom. The average molecular weight is 467 g/mol. The highest BCUT2D eigenvalue weighted by Crippen LogP contribution is 2.14. The molecule has 0 spiro atoms. The molecule has 194 valence electrons. The normalized spacial score (nSPS) is 12.3. The molecule has 33 heavy (non-hydrogen) atoms. The van der Waals surface area contributed by atoms with Crippen LogP contribution in [0.15, 0.2) is 12.2 Å². The highest BCUT2D eigenvalue weighted by atomic mass is 16.6. The molecule has 0 saturated heterocycles. The Balaban J connectivity index is 3.20. The van der Waals surface area contributed by atoms with Crippen molar-refractivity contribution >= 4 is 11.9 Å². The topological polar surface area (TPSA) is 63.6 Å². The SMILES string of the molecule is CCCCCCCCCC/C=C\CCCCCCCCCCCCCC(=O)OC(C)C(=O)O. The van der Waals surface area contributed by atoms with Crippen molar-refractivity contribution in [2.24, 2.45) is 0 Å². The van der Waals surface area contributed by atoms with E-state index in [2.05, 4.69) is 19.1 Å². The minimum Gasteiger partial charge on any atom is -0.479 e. The smallest absolute Gasteiger partial charge is 0.344 e. The highest BCUT2D eigenvalue weighted by Gasteiger charge is 2.15. The fourth-order valence-corrected chi connectivity index (χ4v) is 4.06. The van der Waals surface area contributed by atoms with Crippen LogP contribution in [-0.2, 0) is 14.3 Å². The number of hydrogen-bond donors (Lipinski definition) is 1. The summed E-state index contributed by atoms with van der Waals surface area (Å²) in [6.07, 6.45) is 31.4. The highest BCUT2D eigenvalue weighted by molar-refractivity contribution is 5.77. The Morgan fingerprint density at radius 3 is 1.39 bits per heavy atom. The van der Waals surface area contributed by atoms with Gasteiger partial charge in [0.15, 0.2) is 6.10 Å². The minimum atomic E-state index is -1.09. The van der Waals surface area contributed by atoms with Crippen LogP contribution in [0.3, 0.4) is 0 Å². The Bertz CT molecular complexity index is 472. The predicted molar refractivity (Wildman–Crippen MR) is 140 cm³/mol. The van der Waals surface area contributed by atoms with E-state index < -0.39 is 18.0 Å². The van der Waals surface area contributed by atoms with E-state index in [0.29, 0.717) is 6.42 Å². The van der Waals surface area contributed by atoms with E-state index in [4.69, 9.17) is 9.84 Å². The van der Waals surface area contributed by atoms with Crippen LogP contribution < -0.4 is 0 Å². The molecule has 0 saturated carbocycles. The molecule has 4 nitrogen and oxygen atoms in total. The first-order valence-corrected chi connectivity index (χ1v) is 14.1. The molecule has 0 radical (unpaired) electrons. The summed E-state index contributed by atoms with van der Waals surface area (Å²) in [6.45, 7) is 3.66. The second kappa shape index (κ2) is 25.3. The molecule has 0 aromatic carbocycles. The molecule has 1 atom stereocenters. The number of carbonyl (C=O) groups is 2. The van der Waals surface area contributed by atoms with Crippen LogP contribution in [0.4, 0.5) is 0 Å². The lowest BCUT2D eigenvalue weighted by atomic mass is 10.0. The van der Waals surface area contributed by atoms with E-state index in [9.17, 15) is 9.59 Å². The van der Waals surface area contributed by atoms with Gasteiger partial charge in [-0.1, -0.05) is 122 Å². The number of carboxylic acids is 1. The van der Waals surface area contributed by atoms with Crippen LogP contribution in [-0.4, -0.2) is 23.1 Å². The number of allylic oxidation sites excluding steroid dienone is 2. The molecule has 4 heteroatoms. The van der Waals surface area contributed by atoms with Gasteiger partial charge in [0.05, 0.1) is 0 Å². The molecule has 1 unspecified atom stereocenters. The lowest BCUT2D eigenvalue weighted by Crippen LogP contribution is -2.23. The number of rotatable bonds is 25. The Kier molecular flexibility index (Phi) is 24.3. The van der Waals surface area contributed by atoms with Crippen LogP contribution in [0.25, 0.3) is 0 Å². The molecule has 0 aliphatic carbocycles. The number of hydrogen-bond acceptors (Lipinski definition) is 3. The largest absolute Gasteiger partial charge is 0.479 e. The Labute approximate surface area is 204 Å². The van der Waals surface area contributed by atoms with E-state index in [1.54, 1.807) is 0 Å².